The van der Waals surface area contributed by atoms with Gasteiger partial charge >= 0.3 is 0 Å². The monoisotopic (exact) mass is 416 g/mol. The highest BCUT2D eigenvalue weighted by molar-refractivity contribution is 5.74. The average Bonchev–Trinajstić information content (AvgIpc) is 2.78. The molecule has 4 aromatic carbocycles. The molecule has 0 amide bonds. The van der Waals surface area contributed by atoms with Crippen LogP contribution in [0.25, 0.3) is 33.4 Å². The van der Waals surface area contributed by atoms with E-state index in [0.717, 1.165) is 41.7 Å². The van der Waals surface area contributed by atoms with Gasteiger partial charge in [0.15, 0.2) is 0 Å². The van der Waals surface area contributed by atoms with Crippen LogP contribution in [-0.2, 0) is 6.42 Å². The predicted molar refractivity (Wildman–Crippen MR) is 121 cm³/mol. The molecule has 156 valence electrons. The Morgan fingerprint density at radius 3 is 1.52 bits per heavy atom. The molecule has 0 aromatic heterocycles. The molecule has 0 N–H and O–H groups in total. The molecule has 0 fully saturated rings. The van der Waals surface area contributed by atoms with E-state index in [1.54, 1.807) is 12.1 Å². The molecule has 0 unspecified atom stereocenters. The van der Waals surface area contributed by atoms with E-state index in [0.29, 0.717) is 5.56 Å². The van der Waals surface area contributed by atoms with Crippen LogP contribution in [0.4, 0.5) is 13.2 Å². The summed E-state index contributed by atoms with van der Waals surface area (Å²) in [5.74, 6) is -1.88. The molecule has 0 saturated carbocycles. The Morgan fingerprint density at radius 2 is 1.00 bits per heavy atom. The fourth-order valence-electron chi connectivity index (χ4n) is 3.74. The molecule has 0 nitrogen and oxygen atoms in total. The lowest BCUT2D eigenvalue weighted by Crippen LogP contribution is -1.93. The maximum atomic E-state index is 14.8. The van der Waals surface area contributed by atoms with Crippen molar-refractivity contribution in [3.05, 3.63) is 107 Å². The maximum Gasteiger partial charge on any atom is 0.131 e. The number of aryl methyl sites for hydroxylation is 1. The first-order valence-corrected chi connectivity index (χ1v) is 10.4. The smallest absolute Gasteiger partial charge is 0.131 e. The van der Waals surface area contributed by atoms with E-state index in [-0.39, 0.29) is 16.7 Å². The van der Waals surface area contributed by atoms with Crippen LogP contribution in [-0.4, -0.2) is 0 Å². The zero-order valence-corrected chi connectivity index (χ0v) is 17.6. The van der Waals surface area contributed by atoms with Crippen molar-refractivity contribution in [1.29, 1.82) is 0 Å². The SMILES string of the molecule is CCCc1ccc(-c2ccc(-c3ccc(-c4cc(F)c(C)c(F)c4)c(F)c3)cc2)cc1. The van der Waals surface area contributed by atoms with Gasteiger partial charge in [-0.15, -0.1) is 0 Å². The molecular weight excluding hydrogens is 393 g/mol. The first kappa shape index (κ1) is 20.9. The number of rotatable bonds is 5. The summed E-state index contributed by atoms with van der Waals surface area (Å²) in [6, 6.07) is 23.5. The highest BCUT2D eigenvalue weighted by atomic mass is 19.1. The van der Waals surface area contributed by atoms with Gasteiger partial charge in [0.25, 0.3) is 0 Å². The van der Waals surface area contributed by atoms with Gasteiger partial charge in [-0.3, -0.25) is 0 Å². The minimum Gasteiger partial charge on any atom is -0.207 e. The fourth-order valence-corrected chi connectivity index (χ4v) is 3.74. The lowest BCUT2D eigenvalue weighted by molar-refractivity contribution is 0.568. The van der Waals surface area contributed by atoms with E-state index < -0.39 is 17.5 Å². The van der Waals surface area contributed by atoms with E-state index in [1.165, 1.54) is 18.6 Å². The second-order valence-electron chi connectivity index (χ2n) is 7.78. The first-order chi connectivity index (χ1) is 15.0. The Labute approximate surface area is 181 Å². The van der Waals surface area contributed by atoms with Gasteiger partial charge in [-0.1, -0.05) is 74.0 Å². The van der Waals surface area contributed by atoms with Crippen molar-refractivity contribution in [2.75, 3.05) is 0 Å². The Balaban J connectivity index is 1.60. The molecule has 3 heteroatoms. The van der Waals surface area contributed by atoms with Gasteiger partial charge in [0.05, 0.1) is 0 Å². The summed E-state index contributed by atoms with van der Waals surface area (Å²) < 4.78 is 42.5. The largest absolute Gasteiger partial charge is 0.207 e. The van der Waals surface area contributed by atoms with Gasteiger partial charge in [0.2, 0.25) is 0 Å². The van der Waals surface area contributed by atoms with Crippen molar-refractivity contribution in [3.8, 4) is 33.4 Å². The van der Waals surface area contributed by atoms with Gasteiger partial charge in [-0.25, -0.2) is 13.2 Å². The summed E-state index contributed by atoms with van der Waals surface area (Å²) >= 11 is 0. The van der Waals surface area contributed by atoms with Crippen LogP contribution < -0.4 is 0 Å². The van der Waals surface area contributed by atoms with E-state index >= 15 is 0 Å². The number of hydrogen-bond donors (Lipinski definition) is 0. The topological polar surface area (TPSA) is 0 Å². The van der Waals surface area contributed by atoms with Gasteiger partial charge in [0.1, 0.15) is 17.5 Å². The molecule has 0 saturated heterocycles. The number of halogens is 3. The van der Waals surface area contributed by atoms with Crippen molar-refractivity contribution in [2.45, 2.75) is 26.7 Å². The molecule has 31 heavy (non-hydrogen) atoms. The quantitative estimate of drug-likeness (QED) is 0.306. The second kappa shape index (κ2) is 8.81. The molecule has 0 aliphatic carbocycles. The third-order valence-corrected chi connectivity index (χ3v) is 5.61. The van der Waals surface area contributed by atoms with E-state index in [9.17, 15) is 13.2 Å². The number of hydrogen-bond acceptors (Lipinski definition) is 0. The summed E-state index contributed by atoms with van der Waals surface area (Å²) in [5.41, 5.74) is 5.42. The van der Waals surface area contributed by atoms with Crippen LogP contribution in [0, 0.1) is 24.4 Å². The lowest BCUT2D eigenvalue weighted by atomic mass is 9.96. The molecule has 0 heterocycles. The second-order valence-corrected chi connectivity index (χ2v) is 7.78. The maximum absolute atomic E-state index is 14.8. The standard InChI is InChI=1S/C28H23F3/c1-3-4-19-5-7-20(8-6-19)21-9-11-22(12-10-21)23-13-14-25(28(31)15-23)24-16-26(29)18(2)27(30)17-24/h5-17H,3-4H2,1-2H3. The lowest BCUT2D eigenvalue weighted by Gasteiger charge is -2.10. The summed E-state index contributed by atoms with van der Waals surface area (Å²) in [6.45, 7) is 3.52. The minimum absolute atomic E-state index is 0.0686. The Bertz CT molecular complexity index is 1180. The molecule has 0 atom stereocenters. The van der Waals surface area contributed by atoms with Crippen LogP contribution in [0.2, 0.25) is 0 Å². The van der Waals surface area contributed by atoms with Crippen LogP contribution in [0.1, 0.15) is 24.5 Å². The van der Waals surface area contributed by atoms with E-state index in [2.05, 4.69) is 31.2 Å². The van der Waals surface area contributed by atoms with Gasteiger partial charge < -0.3 is 0 Å². The minimum atomic E-state index is -0.684. The van der Waals surface area contributed by atoms with Crippen LogP contribution >= 0.6 is 0 Å². The van der Waals surface area contributed by atoms with Gasteiger partial charge in [-0.05, 0) is 64.9 Å². The summed E-state index contributed by atoms with van der Waals surface area (Å²) in [4.78, 5) is 0. The van der Waals surface area contributed by atoms with Crippen LogP contribution in [0.5, 0.6) is 0 Å². The summed E-state index contributed by atoms with van der Waals surface area (Å²) in [5, 5.41) is 0. The molecule has 0 aliphatic rings. The van der Waals surface area contributed by atoms with Crippen molar-refractivity contribution < 1.29 is 13.2 Å². The van der Waals surface area contributed by atoms with Crippen molar-refractivity contribution in [1.82, 2.24) is 0 Å². The zero-order chi connectivity index (χ0) is 22.0. The normalized spacial score (nSPS) is 11.0. The van der Waals surface area contributed by atoms with Crippen LogP contribution in [0.15, 0.2) is 78.9 Å². The summed E-state index contributed by atoms with van der Waals surface area (Å²) in [6.07, 6.45) is 2.19. The van der Waals surface area contributed by atoms with Gasteiger partial charge in [-0.2, -0.15) is 0 Å². The molecule has 4 aromatic rings. The van der Waals surface area contributed by atoms with Crippen LogP contribution in [0.3, 0.4) is 0 Å². The zero-order valence-electron chi connectivity index (χ0n) is 17.6. The molecular formula is C28H23F3. The Morgan fingerprint density at radius 1 is 0.548 bits per heavy atom. The Hall–Kier alpha value is -3.33. The highest BCUT2D eigenvalue weighted by Gasteiger charge is 2.12. The fraction of sp³-hybridized carbons (Fsp3) is 0.143. The first-order valence-electron chi connectivity index (χ1n) is 10.4. The van der Waals surface area contributed by atoms with Crippen molar-refractivity contribution >= 4 is 0 Å². The number of benzene rings is 4. The van der Waals surface area contributed by atoms with Crippen molar-refractivity contribution in [2.24, 2.45) is 0 Å². The molecule has 4 rings (SSSR count). The average molecular weight is 416 g/mol. The third kappa shape index (κ3) is 4.41. The highest BCUT2D eigenvalue weighted by Crippen LogP contribution is 2.31. The van der Waals surface area contributed by atoms with Crippen molar-refractivity contribution in [3.63, 3.8) is 0 Å². The molecule has 0 radical (unpaired) electrons. The predicted octanol–water partition coefficient (Wildman–Crippen LogP) is 8.37. The Kier molecular flexibility index (Phi) is 5.94. The molecule has 0 spiro atoms. The third-order valence-electron chi connectivity index (χ3n) is 5.61. The molecule has 0 bridgehead atoms. The molecule has 0 aliphatic heterocycles. The van der Waals surface area contributed by atoms with Gasteiger partial charge in [0, 0.05) is 11.1 Å². The van der Waals surface area contributed by atoms with E-state index in [1.807, 2.05) is 24.3 Å². The van der Waals surface area contributed by atoms with E-state index in [4.69, 9.17) is 0 Å². The summed E-state index contributed by atoms with van der Waals surface area (Å²) in [7, 11) is 0.